The Kier molecular flexibility index (Phi) is 3.91. The lowest BCUT2D eigenvalue weighted by Gasteiger charge is -2.30. The van der Waals surface area contributed by atoms with E-state index in [1.165, 1.54) is 5.01 Å². The average molecular weight is 289 g/mol. The molecule has 106 valence electrons. The summed E-state index contributed by atoms with van der Waals surface area (Å²) in [5.41, 5.74) is 1.02. The molecule has 0 radical (unpaired) electrons. The Morgan fingerprint density at radius 2 is 2.10 bits per heavy atom. The molecule has 0 amide bonds. The molecule has 5 nitrogen and oxygen atoms in total. The van der Waals surface area contributed by atoms with Crippen molar-refractivity contribution in [3.63, 3.8) is 0 Å². The van der Waals surface area contributed by atoms with Gasteiger partial charge in [0.15, 0.2) is 0 Å². The second-order valence-electron chi connectivity index (χ2n) is 5.15. The van der Waals surface area contributed by atoms with Gasteiger partial charge in [-0.2, -0.15) is 0 Å². The molecule has 6 heteroatoms. The molecule has 1 saturated heterocycles. The first-order chi connectivity index (χ1) is 9.76. The average Bonchev–Trinajstić information content (AvgIpc) is 2.96. The van der Waals surface area contributed by atoms with Gasteiger partial charge in [0.2, 0.25) is 5.95 Å². The minimum absolute atomic E-state index is 0.550. The summed E-state index contributed by atoms with van der Waals surface area (Å²) in [6.45, 7) is 6.12. The van der Waals surface area contributed by atoms with Crippen LogP contribution in [0.5, 0.6) is 0 Å². The number of nitrogens with zero attached hydrogens (tertiary/aromatic N) is 5. The van der Waals surface area contributed by atoms with Crippen LogP contribution in [0.2, 0.25) is 0 Å². The van der Waals surface area contributed by atoms with Crippen LogP contribution in [0.1, 0.15) is 41.4 Å². The fraction of sp³-hybridized carbons (Fsp3) is 0.571. The maximum atomic E-state index is 4.50. The van der Waals surface area contributed by atoms with E-state index in [2.05, 4.69) is 32.0 Å². The van der Waals surface area contributed by atoms with Crippen LogP contribution in [0.3, 0.4) is 0 Å². The van der Waals surface area contributed by atoms with Gasteiger partial charge in [-0.05, 0) is 32.3 Å². The molecule has 0 bridgehead atoms. The van der Waals surface area contributed by atoms with E-state index in [1.54, 1.807) is 11.3 Å². The van der Waals surface area contributed by atoms with Gasteiger partial charge >= 0.3 is 0 Å². The quantitative estimate of drug-likeness (QED) is 0.869. The Morgan fingerprint density at radius 1 is 1.30 bits per heavy atom. The number of hydrogen-bond acceptors (Lipinski definition) is 6. The molecular formula is C14H19N5S. The van der Waals surface area contributed by atoms with Gasteiger partial charge in [0.25, 0.3) is 0 Å². The number of anilines is 1. The van der Waals surface area contributed by atoms with Crippen LogP contribution in [-0.2, 0) is 6.42 Å². The molecule has 1 fully saturated rings. The van der Waals surface area contributed by atoms with Crippen molar-refractivity contribution in [1.29, 1.82) is 0 Å². The Morgan fingerprint density at radius 3 is 2.75 bits per heavy atom. The first-order valence-corrected chi connectivity index (χ1v) is 7.94. The molecule has 3 rings (SSSR count). The van der Waals surface area contributed by atoms with Gasteiger partial charge in [-0.15, -0.1) is 21.5 Å². The van der Waals surface area contributed by atoms with Crippen molar-refractivity contribution >= 4 is 17.3 Å². The summed E-state index contributed by atoms with van der Waals surface area (Å²) in [7, 11) is 0. The van der Waals surface area contributed by atoms with E-state index in [0.717, 1.165) is 49.0 Å². The number of piperidine rings is 1. The maximum absolute atomic E-state index is 4.50. The topological polar surface area (TPSA) is 54.8 Å². The highest BCUT2D eigenvalue weighted by atomic mass is 32.1. The van der Waals surface area contributed by atoms with Crippen LogP contribution < -0.4 is 4.90 Å². The molecule has 1 aliphatic heterocycles. The van der Waals surface area contributed by atoms with Gasteiger partial charge in [0.1, 0.15) is 10.0 Å². The number of rotatable bonds is 3. The number of aryl methyl sites for hydroxylation is 2. The number of hydrogen-bond donors (Lipinski definition) is 0. The van der Waals surface area contributed by atoms with Crippen molar-refractivity contribution in [2.45, 2.75) is 39.0 Å². The number of aromatic nitrogens is 4. The molecule has 1 aliphatic rings. The highest BCUT2D eigenvalue weighted by Gasteiger charge is 2.24. The second kappa shape index (κ2) is 5.83. The standard InChI is InChI=1S/C14H19N5S/c1-3-12-17-18-13(20-12)11-5-8-19(9-6-11)14-15-7-4-10(2)16-14/h4,7,11H,3,5-6,8-9H2,1-2H3. The van der Waals surface area contributed by atoms with Crippen LogP contribution in [0.4, 0.5) is 5.95 Å². The minimum Gasteiger partial charge on any atom is -0.341 e. The zero-order chi connectivity index (χ0) is 13.9. The van der Waals surface area contributed by atoms with Crippen molar-refractivity contribution in [2.24, 2.45) is 0 Å². The lowest BCUT2D eigenvalue weighted by atomic mass is 9.98. The molecule has 0 aliphatic carbocycles. The fourth-order valence-corrected chi connectivity index (χ4v) is 3.44. The van der Waals surface area contributed by atoms with Crippen LogP contribution in [0.15, 0.2) is 12.3 Å². The van der Waals surface area contributed by atoms with Crippen molar-refractivity contribution in [1.82, 2.24) is 20.2 Å². The predicted octanol–water partition coefficient (Wildman–Crippen LogP) is 2.58. The van der Waals surface area contributed by atoms with Crippen LogP contribution in [-0.4, -0.2) is 33.3 Å². The largest absolute Gasteiger partial charge is 0.341 e. The molecule has 0 unspecified atom stereocenters. The lowest BCUT2D eigenvalue weighted by molar-refractivity contribution is 0.495. The zero-order valence-corrected chi connectivity index (χ0v) is 12.7. The Balaban J connectivity index is 1.64. The fourth-order valence-electron chi connectivity index (χ4n) is 2.49. The molecule has 0 saturated carbocycles. The summed E-state index contributed by atoms with van der Waals surface area (Å²) in [6.07, 6.45) is 5.03. The monoisotopic (exact) mass is 289 g/mol. The van der Waals surface area contributed by atoms with Crippen LogP contribution in [0.25, 0.3) is 0 Å². The molecule has 0 aromatic carbocycles. The van der Waals surface area contributed by atoms with Gasteiger partial charge in [0.05, 0.1) is 0 Å². The van der Waals surface area contributed by atoms with E-state index >= 15 is 0 Å². The predicted molar refractivity (Wildman–Crippen MR) is 80.2 cm³/mol. The highest BCUT2D eigenvalue weighted by molar-refractivity contribution is 7.11. The zero-order valence-electron chi connectivity index (χ0n) is 11.9. The van der Waals surface area contributed by atoms with Crippen molar-refractivity contribution in [3.05, 3.63) is 28.0 Å². The second-order valence-corrected chi connectivity index (χ2v) is 6.24. The van der Waals surface area contributed by atoms with Crippen molar-refractivity contribution < 1.29 is 0 Å². The smallest absolute Gasteiger partial charge is 0.225 e. The molecule has 2 aromatic heterocycles. The van der Waals surface area contributed by atoms with E-state index in [0.29, 0.717) is 5.92 Å². The van der Waals surface area contributed by atoms with E-state index in [-0.39, 0.29) is 0 Å². The Bertz CT molecular complexity index is 574. The van der Waals surface area contributed by atoms with Crippen LogP contribution >= 0.6 is 11.3 Å². The molecule has 2 aromatic rings. The Labute approximate surface area is 123 Å². The molecule has 20 heavy (non-hydrogen) atoms. The van der Waals surface area contributed by atoms with E-state index in [4.69, 9.17) is 0 Å². The third-order valence-electron chi connectivity index (χ3n) is 3.69. The first-order valence-electron chi connectivity index (χ1n) is 7.13. The van der Waals surface area contributed by atoms with Gasteiger partial charge in [0, 0.05) is 30.9 Å². The van der Waals surface area contributed by atoms with Gasteiger partial charge < -0.3 is 4.90 Å². The molecular weight excluding hydrogens is 270 g/mol. The molecule has 0 atom stereocenters. The van der Waals surface area contributed by atoms with Gasteiger partial charge in [-0.3, -0.25) is 0 Å². The minimum atomic E-state index is 0.550. The van der Waals surface area contributed by atoms with E-state index < -0.39 is 0 Å². The van der Waals surface area contributed by atoms with Gasteiger partial charge in [-0.25, -0.2) is 9.97 Å². The van der Waals surface area contributed by atoms with Crippen molar-refractivity contribution in [2.75, 3.05) is 18.0 Å². The molecule has 3 heterocycles. The summed E-state index contributed by atoms with van der Waals surface area (Å²) in [6, 6.07) is 1.93. The summed E-state index contributed by atoms with van der Waals surface area (Å²) < 4.78 is 0. The third-order valence-corrected chi connectivity index (χ3v) is 4.92. The summed E-state index contributed by atoms with van der Waals surface area (Å²) in [5.74, 6) is 1.41. The molecule has 0 N–H and O–H groups in total. The van der Waals surface area contributed by atoms with Crippen LogP contribution in [0, 0.1) is 6.92 Å². The van der Waals surface area contributed by atoms with Gasteiger partial charge in [-0.1, -0.05) is 6.92 Å². The molecule has 0 spiro atoms. The van der Waals surface area contributed by atoms with Crippen molar-refractivity contribution in [3.8, 4) is 0 Å². The third kappa shape index (κ3) is 2.80. The summed E-state index contributed by atoms with van der Waals surface area (Å²) in [4.78, 5) is 11.1. The maximum Gasteiger partial charge on any atom is 0.225 e. The SMILES string of the molecule is CCc1nnc(C2CCN(c3nccc(C)n3)CC2)s1. The summed E-state index contributed by atoms with van der Waals surface area (Å²) in [5, 5.41) is 10.9. The van der Waals surface area contributed by atoms with E-state index in [9.17, 15) is 0 Å². The normalized spacial score (nSPS) is 16.6. The Hall–Kier alpha value is -1.56. The summed E-state index contributed by atoms with van der Waals surface area (Å²) >= 11 is 1.77. The van der Waals surface area contributed by atoms with E-state index in [1.807, 2.05) is 19.2 Å². The first kappa shape index (κ1) is 13.4. The highest BCUT2D eigenvalue weighted by Crippen LogP contribution is 2.31. The lowest BCUT2D eigenvalue weighted by Crippen LogP contribution is -2.34.